The normalized spacial score (nSPS) is 10.2. The number of nitrogens with one attached hydrogen (secondary N) is 1. The number of aryl methyl sites for hydroxylation is 1. The lowest BCUT2D eigenvalue weighted by atomic mass is 10.1. The van der Waals surface area contributed by atoms with E-state index in [0.717, 1.165) is 17.7 Å². The number of methoxy groups -OCH3 is 2. The molecule has 0 fully saturated rings. The van der Waals surface area contributed by atoms with Crippen molar-refractivity contribution in [2.75, 3.05) is 19.5 Å². The van der Waals surface area contributed by atoms with Gasteiger partial charge in [0.05, 0.1) is 19.1 Å². The van der Waals surface area contributed by atoms with E-state index in [1.807, 2.05) is 6.07 Å². The van der Waals surface area contributed by atoms with Gasteiger partial charge in [0, 0.05) is 18.2 Å². The van der Waals surface area contributed by atoms with Gasteiger partial charge in [0.25, 0.3) is 0 Å². The fourth-order valence-electron chi connectivity index (χ4n) is 2.25. The molecule has 0 saturated heterocycles. The summed E-state index contributed by atoms with van der Waals surface area (Å²) in [5.41, 5.74) is 0.362. The minimum Gasteiger partial charge on any atom is -0.493 e. The highest BCUT2D eigenvalue weighted by molar-refractivity contribution is 5.91. The number of nitro groups is 1. The van der Waals surface area contributed by atoms with Crippen molar-refractivity contribution in [2.45, 2.75) is 12.8 Å². The average Bonchev–Trinajstić information content (AvgIpc) is 2.61. The molecule has 2 rings (SSSR count). The molecule has 132 valence electrons. The first kappa shape index (κ1) is 18.2. The average molecular weight is 348 g/mol. The van der Waals surface area contributed by atoms with Crippen molar-refractivity contribution in [3.8, 4) is 11.5 Å². The van der Waals surface area contributed by atoms with Crippen LogP contribution in [-0.4, -0.2) is 25.1 Å². The molecule has 0 atom stereocenters. The second kappa shape index (κ2) is 8.09. The van der Waals surface area contributed by atoms with Crippen LogP contribution in [0.15, 0.2) is 36.4 Å². The van der Waals surface area contributed by atoms with Crippen molar-refractivity contribution in [3.05, 3.63) is 57.9 Å². The van der Waals surface area contributed by atoms with Gasteiger partial charge in [-0.2, -0.15) is 4.39 Å². The molecular formula is C17H17FN2O5. The Labute approximate surface area is 143 Å². The van der Waals surface area contributed by atoms with E-state index >= 15 is 0 Å². The molecule has 0 aromatic heterocycles. The second-order valence-electron chi connectivity index (χ2n) is 5.16. The summed E-state index contributed by atoms with van der Waals surface area (Å²) < 4.78 is 23.6. The summed E-state index contributed by atoms with van der Waals surface area (Å²) in [6.45, 7) is 0. The molecule has 0 radical (unpaired) electrons. The van der Waals surface area contributed by atoms with Gasteiger partial charge in [-0.05, 0) is 36.2 Å². The Kier molecular flexibility index (Phi) is 5.89. The van der Waals surface area contributed by atoms with Crippen LogP contribution < -0.4 is 14.8 Å². The van der Waals surface area contributed by atoms with Crippen molar-refractivity contribution in [1.82, 2.24) is 0 Å². The summed E-state index contributed by atoms with van der Waals surface area (Å²) in [4.78, 5) is 21.9. The maximum atomic E-state index is 13.3. The number of halogens is 1. The van der Waals surface area contributed by atoms with Crippen LogP contribution in [-0.2, 0) is 11.2 Å². The number of hydrogen-bond acceptors (Lipinski definition) is 5. The predicted molar refractivity (Wildman–Crippen MR) is 89.6 cm³/mol. The van der Waals surface area contributed by atoms with E-state index in [1.54, 1.807) is 12.1 Å². The van der Waals surface area contributed by atoms with Crippen LogP contribution in [0.25, 0.3) is 0 Å². The largest absolute Gasteiger partial charge is 0.493 e. The van der Waals surface area contributed by atoms with Crippen LogP contribution >= 0.6 is 0 Å². The van der Waals surface area contributed by atoms with Gasteiger partial charge in [-0.15, -0.1) is 0 Å². The highest BCUT2D eigenvalue weighted by atomic mass is 19.1. The SMILES string of the molecule is COc1ccc(CCC(=O)Nc2ccc(F)c([N+](=O)[O-])c2)cc1OC. The zero-order valence-corrected chi connectivity index (χ0v) is 13.7. The quantitative estimate of drug-likeness (QED) is 0.612. The monoisotopic (exact) mass is 348 g/mol. The van der Waals surface area contributed by atoms with Gasteiger partial charge < -0.3 is 14.8 Å². The van der Waals surface area contributed by atoms with Crippen molar-refractivity contribution >= 4 is 17.3 Å². The Balaban J connectivity index is 1.99. The summed E-state index contributed by atoms with van der Waals surface area (Å²) in [6.07, 6.45) is 0.593. The summed E-state index contributed by atoms with van der Waals surface area (Å²) >= 11 is 0. The number of anilines is 1. The van der Waals surface area contributed by atoms with E-state index in [9.17, 15) is 19.3 Å². The smallest absolute Gasteiger partial charge is 0.306 e. The molecule has 1 amide bonds. The third-order valence-electron chi connectivity index (χ3n) is 3.52. The molecule has 0 saturated carbocycles. The standard InChI is InChI=1S/C17H17FN2O5/c1-24-15-7-3-11(9-16(15)25-2)4-8-17(21)19-12-5-6-13(18)14(10-12)20(22)23/h3,5-7,9-10H,4,8H2,1-2H3,(H,19,21). The highest BCUT2D eigenvalue weighted by Gasteiger charge is 2.15. The van der Waals surface area contributed by atoms with E-state index in [1.165, 1.54) is 20.3 Å². The first-order chi connectivity index (χ1) is 11.9. The van der Waals surface area contributed by atoms with Crippen LogP contribution in [0.3, 0.4) is 0 Å². The van der Waals surface area contributed by atoms with Gasteiger partial charge in [-0.3, -0.25) is 14.9 Å². The molecule has 0 aliphatic heterocycles. The van der Waals surface area contributed by atoms with Gasteiger partial charge >= 0.3 is 5.69 Å². The highest BCUT2D eigenvalue weighted by Crippen LogP contribution is 2.28. The molecular weight excluding hydrogens is 331 g/mol. The molecule has 25 heavy (non-hydrogen) atoms. The third-order valence-corrected chi connectivity index (χ3v) is 3.52. The van der Waals surface area contributed by atoms with E-state index < -0.39 is 16.4 Å². The fraction of sp³-hybridized carbons (Fsp3) is 0.235. The predicted octanol–water partition coefficient (Wildman–Crippen LogP) is 3.32. The third kappa shape index (κ3) is 4.66. The zero-order valence-electron chi connectivity index (χ0n) is 13.7. The number of ether oxygens (including phenoxy) is 2. The van der Waals surface area contributed by atoms with Crippen molar-refractivity contribution in [3.63, 3.8) is 0 Å². The fourth-order valence-corrected chi connectivity index (χ4v) is 2.25. The Morgan fingerprint density at radius 3 is 2.52 bits per heavy atom. The molecule has 7 nitrogen and oxygen atoms in total. The summed E-state index contributed by atoms with van der Waals surface area (Å²) in [6, 6.07) is 8.55. The first-order valence-corrected chi connectivity index (χ1v) is 7.39. The number of amides is 1. The number of nitrogens with zero attached hydrogens (tertiary/aromatic N) is 1. The first-order valence-electron chi connectivity index (χ1n) is 7.39. The van der Waals surface area contributed by atoms with E-state index in [4.69, 9.17) is 9.47 Å². The van der Waals surface area contributed by atoms with Crippen LogP contribution in [0, 0.1) is 15.9 Å². The Morgan fingerprint density at radius 1 is 1.16 bits per heavy atom. The topological polar surface area (TPSA) is 90.7 Å². The van der Waals surface area contributed by atoms with Crippen LogP contribution in [0.1, 0.15) is 12.0 Å². The van der Waals surface area contributed by atoms with Crippen molar-refractivity contribution in [1.29, 1.82) is 0 Å². The minimum absolute atomic E-state index is 0.153. The zero-order chi connectivity index (χ0) is 18.4. The Morgan fingerprint density at radius 2 is 1.88 bits per heavy atom. The molecule has 0 spiro atoms. The summed E-state index contributed by atoms with van der Waals surface area (Å²) in [5.74, 6) is -0.132. The number of carbonyl (C=O) groups is 1. The van der Waals surface area contributed by atoms with Crippen LogP contribution in [0.4, 0.5) is 15.8 Å². The second-order valence-corrected chi connectivity index (χ2v) is 5.16. The van der Waals surface area contributed by atoms with Gasteiger partial charge in [0.2, 0.25) is 11.7 Å². The molecule has 0 unspecified atom stereocenters. The number of benzene rings is 2. The van der Waals surface area contributed by atoms with Gasteiger partial charge in [0.15, 0.2) is 11.5 Å². The lowest BCUT2D eigenvalue weighted by Crippen LogP contribution is -2.12. The maximum absolute atomic E-state index is 13.3. The molecule has 1 N–H and O–H groups in total. The summed E-state index contributed by atoms with van der Waals surface area (Å²) in [7, 11) is 3.06. The van der Waals surface area contributed by atoms with E-state index in [0.29, 0.717) is 17.9 Å². The lowest BCUT2D eigenvalue weighted by molar-refractivity contribution is -0.387. The molecule has 0 bridgehead atoms. The van der Waals surface area contributed by atoms with Crippen LogP contribution in [0.5, 0.6) is 11.5 Å². The molecule has 2 aromatic carbocycles. The number of carbonyl (C=O) groups excluding carboxylic acids is 1. The van der Waals surface area contributed by atoms with E-state index in [-0.39, 0.29) is 18.0 Å². The Bertz CT molecular complexity index is 795. The van der Waals surface area contributed by atoms with Crippen LogP contribution in [0.2, 0.25) is 0 Å². The van der Waals surface area contributed by atoms with Crippen molar-refractivity contribution < 1.29 is 23.6 Å². The van der Waals surface area contributed by atoms with Crippen molar-refractivity contribution in [2.24, 2.45) is 0 Å². The Hall–Kier alpha value is -3.16. The minimum atomic E-state index is -0.951. The van der Waals surface area contributed by atoms with E-state index in [2.05, 4.69) is 5.32 Å². The summed E-state index contributed by atoms with van der Waals surface area (Å²) in [5, 5.41) is 13.2. The maximum Gasteiger partial charge on any atom is 0.306 e. The molecule has 0 aliphatic rings. The number of rotatable bonds is 7. The molecule has 2 aromatic rings. The van der Waals surface area contributed by atoms with Gasteiger partial charge in [-0.25, -0.2) is 0 Å². The number of hydrogen-bond donors (Lipinski definition) is 1. The molecule has 0 heterocycles. The lowest BCUT2D eigenvalue weighted by Gasteiger charge is -2.10. The number of nitro benzene ring substituents is 1. The van der Waals surface area contributed by atoms with Gasteiger partial charge in [0.1, 0.15) is 0 Å². The molecule has 8 heteroatoms. The van der Waals surface area contributed by atoms with Gasteiger partial charge in [-0.1, -0.05) is 6.07 Å². The molecule has 0 aliphatic carbocycles.